The first-order valence-corrected chi connectivity index (χ1v) is 4.56. The number of ether oxygens (including phenoxy) is 1. The van der Waals surface area contributed by atoms with Crippen LogP contribution in [0.25, 0.3) is 0 Å². The minimum atomic E-state index is -0.473. The van der Waals surface area contributed by atoms with E-state index < -0.39 is 17.8 Å². The Kier molecular flexibility index (Phi) is 2.81. The first-order chi connectivity index (χ1) is 5.88. The second kappa shape index (κ2) is 3.54. The number of rotatable bonds is 1. The fourth-order valence-corrected chi connectivity index (χ4v) is 1.11. The monoisotopic (exact) mass is 187 g/mol. The lowest BCUT2D eigenvalue weighted by atomic mass is 9.89. The van der Waals surface area contributed by atoms with Crippen LogP contribution in [0.4, 0.5) is 4.79 Å². The Morgan fingerprint density at radius 2 is 2.08 bits per heavy atom. The Balaban J connectivity index is 2.25. The van der Waals surface area contributed by atoms with Crippen molar-refractivity contribution in [2.45, 2.75) is 51.4 Å². The minimum Gasteiger partial charge on any atom is -0.444 e. The van der Waals surface area contributed by atoms with E-state index in [0.717, 1.165) is 12.8 Å². The molecule has 0 radical (unpaired) electrons. The third-order valence-electron chi connectivity index (χ3n) is 1.94. The maximum atomic E-state index is 11.2. The summed E-state index contributed by atoms with van der Waals surface area (Å²) in [6, 6.07) is -0.116. The van der Waals surface area contributed by atoms with Crippen molar-refractivity contribution in [2.24, 2.45) is 0 Å². The predicted molar refractivity (Wildman–Crippen MR) is 48.4 cm³/mol. The highest BCUT2D eigenvalue weighted by Crippen LogP contribution is 2.19. The molecule has 1 saturated carbocycles. The van der Waals surface area contributed by atoms with Crippen molar-refractivity contribution in [1.29, 1.82) is 0 Å². The normalized spacial score (nSPS) is 27.7. The molecule has 1 rings (SSSR count). The van der Waals surface area contributed by atoms with Gasteiger partial charge in [0, 0.05) is 0 Å². The average molecular weight is 187 g/mol. The van der Waals surface area contributed by atoms with E-state index in [1.54, 1.807) is 0 Å². The lowest BCUT2D eigenvalue weighted by Gasteiger charge is -2.33. The fourth-order valence-electron chi connectivity index (χ4n) is 1.11. The van der Waals surface area contributed by atoms with Gasteiger partial charge in [-0.2, -0.15) is 0 Å². The molecule has 0 aliphatic heterocycles. The van der Waals surface area contributed by atoms with Crippen molar-refractivity contribution >= 4 is 6.09 Å². The van der Waals surface area contributed by atoms with Crippen LogP contribution in [0.1, 0.15) is 33.6 Å². The maximum absolute atomic E-state index is 11.2. The van der Waals surface area contributed by atoms with Crippen molar-refractivity contribution in [1.82, 2.24) is 5.32 Å². The Morgan fingerprint density at radius 1 is 1.46 bits per heavy atom. The molecular weight excluding hydrogens is 170 g/mol. The van der Waals surface area contributed by atoms with Gasteiger partial charge in [-0.05, 0) is 33.6 Å². The van der Waals surface area contributed by atoms with Gasteiger partial charge in [0.25, 0.3) is 0 Å². The molecule has 0 spiro atoms. The van der Waals surface area contributed by atoms with E-state index in [9.17, 15) is 9.90 Å². The quantitative estimate of drug-likeness (QED) is 0.644. The zero-order chi connectivity index (χ0) is 10.1. The standard InChI is InChI=1S/C9H17NO3/c1-9(2,3)13-8(12)10-6-4-5-7(6)11/h6-7,11H,4-5H2,1-3H3,(H,10,12)/t6-,7-/m1/s1. The molecule has 1 amide bonds. The molecule has 2 N–H and O–H groups in total. The van der Waals surface area contributed by atoms with Crippen LogP contribution in [0.15, 0.2) is 0 Å². The van der Waals surface area contributed by atoms with Gasteiger partial charge < -0.3 is 15.2 Å². The van der Waals surface area contributed by atoms with E-state index in [-0.39, 0.29) is 6.04 Å². The molecule has 0 saturated heterocycles. The molecule has 0 heterocycles. The van der Waals surface area contributed by atoms with E-state index in [1.807, 2.05) is 20.8 Å². The number of nitrogens with one attached hydrogen (secondary N) is 1. The molecule has 1 aliphatic carbocycles. The number of hydrogen-bond acceptors (Lipinski definition) is 3. The number of carbonyl (C=O) groups excluding carboxylic acids is 1. The number of alkyl carbamates (subject to hydrolysis) is 1. The SMILES string of the molecule is CC(C)(C)OC(=O)N[C@@H]1CC[C@H]1O. The number of carbonyl (C=O) groups is 1. The van der Waals surface area contributed by atoms with Crippen LogP contribution in [-0.4, -0.2) is 28.9 Å². The average Bonchev–Trinajstić information content (AvgIpc) is 1.94. The third kappa shape index (κ3) is 3.22. The van der Waals surface area contributed by atoms with Crippen LogP contribution in [0, 0.1) is 0 Å². The Labute approximate surface area is 78.3 Å². The zero-order valence-electron chi connectivity index (χ0n) is 8.33. The summed E-state index contributed by atoms with van der Waals surface area (Å²) in [5, 5.41) is 11.8. The Hall–Kier alpha value is -0.770. The molecule has 0 bridgehead atoms. The van der Waals surface area contributed by atoms with Crippen molar-refractivity contribution in [2.75, 3.05) is 0 Å². The summed E-state index contributed by atoms with van der Waals surface area (Å²) in [4.78, 5) is 11.2. The zero-order valence-corrected chi connectivity index (χ0v) is 8.33. The second-order valence-corrected chi connectivity index (χ2v) is 4.40. The number of amides is 1. The predicted octanol–water partition coefficient (Wildman–Crippen LogP) is 1.03. The molecule has 4 heteroatoms. The molecule has 0 aromatic rings. The van der Waals surface area contributed by atoms with Gasteiger partial charge in [0.15, 0.2) is 0 Å². The topological polar surface area (TPSA) is 58.6 Å². The van der Waals surface area contributed by atoms with Gasteiger partial charge in [0.2, 0.25) is 0 Å². The summed E-state index contributed by atoms with van der Waals surface area (Å²) in [7, 11) is 0. The summed E-state index contributed by atoms with van der Waals surface area (Å²) < 4.78 is 5.03. The molecule has 1 aliphatic rings. The van der Waals surface area contributed by atoms with Crippen molar-refractivity contribution in [3.8, 4) is 0 Å². The summed E-state index contributed by atoms with van der Waals surface area (Å²) in [6.45, 7) is 5.43. The highest BCUT2D eigenvalue weighted by Gasteiger charge is 2.31. The molecule has 13 heavy (non-hydrogen) atoms. The highest BCUT2D eigenvalue weighted by atomic mass is 16.6. The van der Waals surface area contributed by atoms with E-state index in [0.29, 0.717) is 0 Å². The van der Waals surface area contributed by atoms with Crippen LogP contribution < -0.4 is 5.32 Å². The first-order valence-electron chi connectivity index (χ1n) is 4.56. The van der Waals surface area contributed by atoms with Gasteiger partial charge in [-0.15, -0.1) is 0 Å². The smallest absolute Gasteiger partial charge is 0.407 e. The first kappa shape index (κ1) is 10.3. The maximum Gasteiger partial charge on any atom is 0.407 e. The van der Waals surface area contributed by atoms with Gasteiger partial charge in [0.1, 0.15) is 5.60 Å². The van der Waals surface area contributed by atoms with Crippen LogP contribution in [0.2, 0.25) is 0 Å². The van der Waals surface area contributed by atoms with Gasteiger partial charge in [-0.3, -0.25) is 0 Å². The van der Waals surface area contributed by atoms with Gasteiger partial charge in [-0.1, -0.05) is 0 Å². The van der Waals surface area contributed by atoms with Gasteiger partial charge in [0.05, 0.1) is 12.1 Å². The van der Waals surface area contributed by atoms with Crippen LogP contribution in [-0.2, 0) is 4.74 Å². The summed E-state index contributed by atoms with van der Waals surface area (Å²) in [6.07, 6.45) is 0.754. The molecular formula is C9H17NO3. The van der Waals surface area contributed by atoms with Crippen molar-refractivity contribution < 1.29 is 14.6 Å². The number of aliphatic hydroxyl groups is 1. The fraction of sp³-hybridized carbons (Fsp3) is 0.889. The van der Waals surface area contributed by atoms with Crippen LogP contribution >= 0.6 is 0 Å². The molecule has 4 nitrogen and oxygen atoms in total. The van der Waals surface area contributed by atoms with Gasteiger partial charge in [-0.25, -0.2) is 4.79 Å². The molecule has 1 fully saturated rings. The molecule has 76 valence electrons. The highest BCUT2D eigenvalue weighted by molar-refractivity contribution is 5.68. The lowest BCUT2D eigenvalue weighted by molar-refractivity contribution is 0.0209. The summed E-state index contributed by atoms with van der Waals surface area (Å²) >= 11 is 0. The van der Waals surface area contributed by atoms with Crippen molar-refractivity contribution in [3.05, 3.63) is 0 Å². The van der Waals surface area contributed by atoms with E-state index in [4.69, 9.17) is 4.74 Å². The second-order valence-electron chi connectivity index (χ2n) is 4.40. The van der Waals surface area contributed by atoms with Crippen LogP contribution in [0.3, 0.4) is 0 Å². The van der Waals surface area contributed by atoms with E-state index in [2.05, 4.69) is 5.32 Å². The summed E-state index contributed by atoms with van der Waals surface area (Å²) in [5.74, 6) is 0. The molecule has 0 aromatic heterocycles. The molecule has 0 unspecified atom stereocenters. The Bertz CT molecular complexity index is 198. The minimum absolute atomic E-state index is 0.116. The molecule has 0 aromatic carbocycles. The van der Waals surface area contributed by atoms with Crippen LogP contribution in [0.5, 0.6) is 0 Å². The van der Waals surface area contributed by atoms with E-state index in [1.165, 1.54) is 0 Å². The molecule has 2 atom stereocenters. The number of aliphatic hydroxyl groups excluding tert-OH is 1. The summed E-state index contributed by atoms with van der Waals surface area (Å²) in [5.41, 5.74) is -0.473. The number of hydrogen-bond donors (Lipinski definition) is 2. The lowest BCUT2D eigenvalue weighted by Crippen LogP contribution is -2.51. The van der Waals surface area contributed by atoms with Gasteiger partial charge >= 0.3 is 6.09 Å². The largest absolute Gasteiger partial charge is 0.444 e. The third-order valence-corrected chi connectivity index (χ3v) is 1.94. The van der Waals surface area contributed by atoms with E-state index >= 15 is 0 Å². The Morgan fingerprint density at radius 3 is 2.38 bits per heavy atom. The van der Waals surface area contributed by atoms with Crippen molar-refractivity contribution in [3.63, 3.8) is 0 Å².